The van der Waals surface area contributed by atoms with Crippen LogP contribution in [0, 0.1) is 0 Å². The first-order valence-electron chi connectivity index (χ1n) is 7.39. The van der Waals surface area contributed by atoms with E-state index in [4.69, 9.17) is 14.2 Å². The number of hydrogen-bond donors (Lipinski definition) is 0. The first-order valence-corrected chi connectivity index (χ1v) is 7.39. The highest BCUT2D eigenvalue weighted by Gasteiger charge is 2.15. The van der Waals surface area contributed by atoms with Crippen molar-refractivity contribution in [2.24, 2.45) is 0 Å². The van der Waals surface area contributed by atoms with Crippen LogP contribution >= 0.6 is 0 Å². The lowest BCUT2D eigenvalue weighted by atomic mass is 10.1. The first-order chi connectivity index (χ1) is 9.22. The van der Waals surface area contributed by atoms with E-state index < -0.39 is 0 Å². The molecule has 0 spiro atoms. The number of esters is 1. The van der Waals surface area contributed by atoms with E-state index in [2.05, 4.69) is 6.92 Å². The largest absolute Gasteiger partial charge is 0.459 e. The van der Waals surface area contributed by atoms with Gasteiger partial charge >= 0.3 is 5.97 Å². The molecule has 4 heteroatoms. The van der Waals surface area contributed by atoms with E-state index in [0.29, 0.717) is 12.2 Å². The molecule has 0 fully saturated rings. The lowest BCUT2D eigenvalue weighted by Gasteiger charge is -2.07. The fraction of sp³-hybridized carbons (Fsp3) is 0.800. The van der Waals surface area contributed by atoms with Crippen LogP contribution in [0.3, 0.4) is 0 Å². The van der Waals surface area contributed by atoms with Crippen molar-refractivity contribution in [2.45, 2.75) is 71.5 Å². The Kier molecular flexibility index (Phi) is 8.10. The predicted molar refractivity (Wildman–Crippen MR) is 73.3 cm³/mol. The summed E-state index contributed by atoms with van der Waals surface area (Å²) in [6.07, 6.45) is 10.1. The van der Waals surface area contributed by atoms with Gasteiger partial charge in [-0.1, -0.05) is 45.4 Å². The molecule has 0 saturated carbocycles. The predicted octanol–water partition coefficient (Wildman–Crippen LogP) is 3.90. The van der Waals surface area contributed by atoms with Crippen LogP contribution in [0.4, 0.5) is 0 Å². The molecule has 0 bridgehead atoms. The minimum atomic E-state index is -0.267. The molecule has 1 rings (SSSR count). The normalized spacial score (nSPS) is 17.6. The lowest BCUT2D eigenvalue weighted by Crippen LogP contribution is -2.09. The summed E-state index contributed by atoms with van der Waals surface area (Å²) >= 11 is 0. The van der Waals surface area contributed by atoms with Crippen LogP contribution in [0.2, 0.25) is 0 Å². The second kappa shape index (κ2) is 9.70. The highest BCUT2D eigenvalue weighted by molar-refractivity contribution is 5.69. The van der Waals surface area contributed by atoms with Gasteiger partial charge < -0.3 is 14.2 Å². The molecule has 0 aromatic rings. The van der Waals surface area contributed by atoms with E-state index >= 15 is 0 Å². The Morgan fingerprint density at radius 1 is 1.21 bits per heavy atom. The maximum atomic E-state index is 11.5. The molecule has 0 amide bonds. The van der Waals surface area contributed by atoms with Gasteiger partial charge in [0.15, 0.2) is 12.4 Å². The van der Waals surface area contributed by atoms with Crippen molar-refractivity contribution in [3.8, 4) is 0 Å². The Hall–Kier alpha value is -1.19. The van der Waals surface area contributed by atoms with Gasteiger partial charge in [0.1, 0.15) is 6.26 Å². The molecule has 0 aromatic carbocycles. The van der Waals surface area contributed by atoms with Crippen molar-refractivity contribution >= 4 is 5.97 Å². The second-order valence-electron chi connectivity index (χ2n) is 4.94. The van der Waals surface area contributed by atoms with Crippen molar-refractivity contribution in [3.63, 3.8) is 0 Å². The quantitative estimate of drug-likeness (QED) is 0.446. The van der Waals surface area contributed by atoms with Gasteiger partial charge in [0.2, 0.25) is 6.29 Å². The molecule has 110 valence electrons. The van der Waals surface area contributed by atoms with E-state index in [9.17, 15) is 4.79 Å². The number of rotatable bonds is 10. The molecule has 19 heavy (non-hydrogen) atoms. The third-order valence-corrected chi connectivity index (χ3v) is 3.07. The Balaban J connectivity index is 1.91. The second-order valence-corrected chi connectivity index (χ2v) is 4.94. The number of carbonyl (C=O) groups excluding carboxylic acids is 1. The summed E-state index contributed by atoms with van der Waals surface area (Å²) in [6, 6.07) is 0. The van der Waals surface area contributed by atoms with Gasteiger partial charge in [-0.15, -0.1) is 0 Å². The lowest BCUT2D eigenvalue weighted by molar-refractivity contribution is -0.144. The maximum absolute atomic E-state index is 11.5. The first kappa shape index (κ1) is 15.9. The molecule has 1 unspecified atom stereocenters. The average molecular weight is 270 g/mol. The molecular weight excluding hydrogens is 244 g/mol. The Morgan fingerprint density at radius 2 is 1.89 bits per heavy atom. The topological polar surface area (TPSA) is 44.8 Å². The molecule has 4 nitrogen and oxygen atoms in total. The average Bonchev–Trinajstić information content (AvgIpc) is 2.81. The van der Waals surface area contributed by atoms with Gasteiger partial charge in [0, 0.05) is 13.3 Å². The zero-order valence-electron chi connectivity index (χ0n) is 12.2. The summed E-state index contributed by atoms with van der Waals surface area (Å²) in [7, 11) is 0. The van der Waals surface area contributed by atoms with Gasteiger partial charge in [0.25, 0.3) is 0 Å². The standard InChI is InChI=1S/C15H26O4/c1-3-4-5-6-7-8-9-10-15(16)18-12-14-11-17-13(2)19-14/h11,13H,3-10,12H2,1-2H3. The maximum Gasteiger partial charge on any atom is 0.306 e. The van der Waals surface area contributed by atoms with Gasteiger partial charge in [0.05, 0.1) is 0 Å². The van der Waals surface area contributed by atoms with E-state index in [1.807, 2.05) is 0 Å². The van der Waals surface area contributed by atoms with Crippen LogP contribution in [0.1, 0.15) is 65.2 Å². The van der Waals surface area contributed by atoms with Crippen molar-refractivity contribution in [1.82, 2.24) is 0 Å². The summed E-state index contributed by atoms with van der Waals surface area (Å²) in [4.78, 5) is 11.5. The van der Waals surface area contributed by atoms with E-state index in [1.54, 1.807) is 6.92 Å². The van der Waals surface area contributed by atoms with E-state index in [1.165, 1.54) is 38.4 Å². The molecule has 1 atom stereocenters. The Morgan fingerprint density at radius 3 is 2.53 bits per heavy atom. The number of unbranched alkanes of at least 4 members (excludes halogenated alkanes) is 6. The molecule has 1 heterocycles. The van der Waals surface area contributed by atoms with Crippen LogP contribution in [0.15, 0.2) is 12.0 Å². The molecule has 0 aliphatic carbocycles. The number of hydrogen-bond acceptors (Lipinski definition) is 4. The summed E-state index contributed by atoms with van der Waals surface area (Å²) < 4.78 is 15.4. The zero-order chi connectivity index (χ0) is 13.9. The smallest absolute Gasteiger partial charge is 0.306 e. The van der Waals surface area contributed by atoms with Crippen LogP contribution in [0.5, 0.6) is 0 Å². The third kappa shape index (κ3) is 7.75. The molecule has 0 N–H and O–H groups in total. The highest BCUT2D eigenvalue weighted by atomic mass is 16.7. The van der Waals surface area contributed by atoms with Crippen molar-refractivity contribution < 1.29 is 19.0 Å². The molecular formula is C15H26O4. The molecule has 1 aliphatic rings. The highest BCUT2D eigenvalue weighted by Crippen LogP contribution is 2.14. The number of ether oxygens (including phenoxy) is 3. The fourth-order valence-electron chi connectivity index (χ4n) is 1.96. The van der Waals surface area contributed by atoms with Gasteiger partial charge in [-0.3, -0.25) is 4.79 Å². The minimum Gasteiger partial charge on any atom is -0.459 e. The van der Waals surface area contributed by atoms with Gasteiger partial charge in [-0.2, -0.15) is 0 Å². The van der Waals surface area contributed by atoms with Gasteiger partial charge in [-0.05, 0) is 6.42 Å². The van der Waals surface area contributed by atoms with E-state index in [-0.39, 0.29) is 18.9 Å². The van der Waals surface area contributed by atoms with E-state index in [0.717, 1.165) is 12.8 Å². The Labute approximate surface area is 116 Å². The van der Waals surface area contributed by atoms with Crippen LogP contribution in [-0.2, 0) is 19.0 Å². The van der Waals surface area contributed by atoms with Crippen molar-refractivity contribution in [1.29, 1.82) is 0 Å². The van der Waals surface area contributed by atoms with Crippen molar-refractivity contribution in [3.05, 3.63) is 12.0 Å². The van der Waals surface area contributed by atoms with Gasteiger partial charge in [-0.25, -0.2) is 0 Å². The number of carbonyl (C=O) groups is 1. The third-order valence-electron chi connectivity index (χ3n) is 3.07. The van der Waals surface area contributed by atoms with Crippen LogP contribution in [0.25, 0.3) is 0 Å². The fourth-order valence-corrected chi connectivity index (χ4v) is 1.96. The summed E-state index contributed by atoms with van der Waals surface area (Å²) in [5.74, 6) is 0.429. The van der Waals surface area contributed by atoms with Crippen LogP contribution in [-0.4, -0.2) is 18.9 Å². The van der Waals surface area contributed by atoms with Crippen LogP contribution < -0.4 is 0 Å². The molecule has 0 radical (unpaired) electrons. The summed E-state index contributed by atoms with van der Waals surface area (Å²) in [6.45, 7) is 4.19. The zero-order valence-corrected chi connectivity index (χ0v) is 12.2. The molecule has 0 saturated heterocycles. The van der Waals surface area contributed by atoms with Crippen molar-refractivity contribution in [2.75, 3.05) is 6.61 Å². The Bertz CT molecular complexity index is 286. The molecule has 1 aliphatic heterocycles. The minimum absolute atomic E-state index is 0.155. The summed E-state index contributed by atoms with van der Waals surface area (Å²) in [5, 5.41) is 0. The summed E-state index contributed by atoms with van der Waals surface area (Å²) in [5.41, 5.74) is 0. The molecule has 0 aromatic heterocycles. The monoisotopic (exact) mass is 270 g/mol. The SMILES string of the molecule is CCCCCCCCCC(=O)OCC1=COC(C)O1.